The summed E-state index contributed by atoms with van der Waals surface area (Å²) in [4.78, 5) is 38.6. The Balaban J connectivity index is 1.90. The number of fused-ring (bicyclic) bond motifs is 1. The summed E-state index contributed by atoms with van der Waals surface area (Å²) >= 11 is 0. The van der Waals surface area contributed by atoms with Gasteiger partial charge in [-0.25, -0.2) is 14.1 Å². The third-order valence-corrected chi connectivity index (χ3v) is 5.61. The minimum atomic E-state index is -0.629. The lowest BCUT2D eigenvalue weighted by Crippen LogP contribution is -2.54. The van der Waals surface area contributed by atoms with Gasteiger partial charge in [0.2, 0.25) is 0 Å². The van der Waals surface area contributed by atoms with Crippen molar-refractivity contribution in [3.8, 4) is 0 Å². The van der Waals surface area contributed by atoms with Crippen LogP contribution in [0.25, 0.3) is 5.52 Å². The molecule has 2 aromatic rings. The number of aromatic nitrogens is 2. The summed E-state index contributed by atoms with van der Waals surface area (Å²) in [6, 6.07) is 1.55. The molecule has 1 aliphatic rings. The highest BCUT2D eigenvalue weighted by Crippen LogP contribution is 2.35. The summed E-state index contributed by atoms with van der Waals surface area (Å²) in [5.41, 5.74) is 6.30. The van der Waals surface area contributed by atoms with Crippen LogP contribution >= 0.6 is 0 Å². The zero-order chi connectivity index (χ0) is 24.6. The first kappa shape index (κ1) is 24.3. The normalized spacial score (nSPS) is 18.1. The standard InChI is InChI=1S/C23H33N5O5/c1-7-32-20(30)14-10-16-18(15(19(24)29)11-25-28(16)12-14)26-17-8-9-27(13-23(17,5)6)21(31)33-22(2,3)4/h10-12,17,26H,7-9,13H2,1-6H3,(H2,24,29). The number of rotatable bonds is 5. The van der Waals surface area contributed by atoms with E-state index in [1.165, 1.54) is 10.7 Å². The number of nitrogens with zero attached hydrogens (tertiary/aromatic N) is 3. The maximum Gasteiger partial charge on any atom is 0.410 e. The number of hydrogen-bond acceptors (Lipinski definition) is 7. The van der Waals surface area contributed by atoms with Crippen LogP contribution in [-0.2, 0) is 9.47 Å². The van der Waals surface area contributed by atoms with Crippen LogP contribution in [0.4, 0.5) is 10.5 Å². The molecule has 1 fully saturated rings. The third-order valence-electron chi connectivity index (χ3n) is 5.61. The van der Waals surface area contributed by atoms with Crippen molar-refractivity contribution in [3.63, 3.8) is 0 Å². The number of ether oxygens (including phenoxy) is 2. The number of primary amides is 1. The lowest BCUT2D eigenvalue weighted by atomic mass is 9.79. The highest BCUT2D eigenvalue weighted by molar-refractivity contribution is 6.03. The molecular weight excluding hydrogens is 426 g/mol. The van der Waals surface area contributed by atoms with Crippen LogP contribution in [0, 0.1) is 5.41 Å². The molecule has 10 heteroatoms. The van der Waals surface area contributed by atoms with Crippen LogP contribution in [-0.4, -0.2) is 63.8 Å². The largest absolute Gasteiger partial charge is 0.462 e. The second-order valence-electron chi connectivity index (χ2n) is 9.95. The van der Waals surface area contributed by atoms with E-state index in [-0.39, 0.29) is 29.7 Å². The fourth-order valence-electron chi connectivity index (χ4n) is 4.00. The second kappa shape index (κ2) is 8.92. The van der Waals surface area contributed by atoms with E-state index in [2.05, 4.69) is 10.4 Å². The van der Waals surface area contributed by atoms with E-state index in [1.54, 1.807) is 24.1 Å². The predicted molar refractivity (Wildman–Crippen MR) is 123 cm³/mol. The molecule has 2 amide bonds. The topological polar surface area (TPSA) is 128 Å². The highest BCUT2D eigenvalue weighted by Gasteiger charge is 2.39. The lowest BCUT2D eigenvalue weighted by Gasteiger charge is -2.45. The van der Waals surface area contributed by atoms with Gasteiger partial charge in [0.1, 0.15) is 5.60 Å². The smallest absolute Gasteiger partial charge is 0.410 e. The van der Waals surface area contributed by atoms with Crippen molar-refractivity contribution in [1.29, 1.82) is 0 Å². The molecule has 1 saturated heterocycles. The van der Waals surface area contributed by atoms with Crippen LogP contribution < -0.4 is 11.1 Å². The van der Waals surface area contributed by atoms with E-state index in [9.17, 15) is 14.4 Å². The molecule has 3 heterocycles. The average molecular weight is 460 g/mol. The first-order valence-electron chi connectivity index (χ1n) is 11.0. The Morgan fingerprint density at radius 3 is 2.58 bits per heavy atom. The Hall–Kier alpha value is -3.30. The molecule has 3 rings (SSSR count). The maximum atomic E-state index is 12.6. The minimum absolute atomic E-state index is 0.0820. The van der Waals surface area contributed by atoms with Gasteiger partial charge in [0.15, 0.2) is 0 Å². The molecule has 3 N–H and O–H groups in total. The SMILES string of the molecule is CCOC(=O)c1cc2c(NC3CCN(C(=O)OC(C)(C)C)CC3(C)C)c(C(N)=O)cnn2c1. The molecule has 0 spiro atoms. The quantitative estimate of drug-likeness (QED) is 0.658. The fraction of sp³-hybridized carbons (Fsp3) is 0.565. The van der Waals surface area contributed by atoms with Gasteiger partial charge in [0.25, 0.3) is 5.91 Å². The number of anilines is 1. The molecule has 180 valence electrons. The molecule has 1 unspecified atom stereocenters. The molecular formula is C23H33N5O5. The summed E-state index contributed by atoms with van der Waals surface area (Å²) < 4.78 is 12.1. The summed E-state index contributed by atoms with van der Waals surface area (Å²) in [5, 5.41) is 7.69. The first-order chi connectivity index (χ1) is 15.3. The van der Waals surface area contributed by atoms with Gasteiger partial charge in [-0.1, -0.05) is 13.8 Å². The average Bonchev–Trinajstić information content (AvgIpc) is 3.12. The van der Waals surface area contributed by atoms with Gasteiger partial charge in [-0.15, -0.1) is 0 Å². The molecule has 0 saturated carbocycles. The zero-order valence-corrected chi connectivity index (χ0v) is 20.1. The molecule has 0 aliphatic carbocycles. The summed E-state index contributed by atoms with van der Waals surface area (Å²) in [6.07, 6.45) is 3.23. The number of carbonyl (C=O) groups is 3. The van der Waals surface area contributed by atoms with Crippen molar-refractivity contribution in [3.05, 3.63) is 29.6 Å². The fourth-order valence-corrected chi connectivity index (χ4v) is 4.00. The molecule has 0 bridgehead atoms. The number of carbonyl (C=O) groups excluding carboxylic acids is 3. The predicted octanol–water partition coefficient (Wildman–Crippen LogP) is 3.06. The molecule has 33 heavy (non-hydrogen) atoms. The number of nitrogens with two attached hydrogens (primary N) is 1. The van der Waals surface area contributed by atoms with Gasteiger partial charge in [-0.3, -0.25) is 4.79 Å². The van der Waals surface area contributed by atoms with Crippen molar-refractivity contribution in [2.75, 3.05) is 25.0 Å². The molecule has 10 nitrogen and oxygen atoms in total. The molecule has 1 atom stereocenters. The number of nitrogens with one attached hydrogen (secondary N) is 1. The van der Waals surface area contributed by atoms with Gasteiger partial charge < -0.3 is 25.4 Å². The van der Waals surface area contributed by atoms with E-state index in [1.807, 2.05) is 34.6 Å². The van der Waals surface area contributed by atoms with Crippen molar-refractivity contribution in [2.24, 2.45) is 11.1 Å². The summed E-state index contributed by atoms with van der Waals surface area (Å²) in [5.74, 6) is -1.10. The Bertz CT molecular complexity index is 1070. The van der Waals surface area contributed by atoms with E-state index >= 15 is 0 Å². The van der Waals surface area contributed by atoms with Crippen molar-refractivity contribution < 1.29 is 23.9 Å². The van der Waals surface area contributed by atoms with Crippen LogP contribution in [0.15, 0.2) is 18.5 Å². The number of likely N-dealkylation sites (tertiary alicyclic amines) is 1. The van der Waals surface area contributed by atoms with Crippen LogP contribution in [0.3, 0.4) is 0 Å². The van der Waals surface area contributed by atoms with Crippen molar-refractivity contribution >= 4 is 29.2 Å². The monoisotopic (exact) mass is 459 g/mol. The highest BCUT2D eigenvalue weighted by atomic mass is 16.6. The Morgan fingerprint density at radius 1 is 1.30 bits per heavy atom. The van der Waals surface area contributed by atoms with E-state index in [0.29, 0.717) is 36.3 Å². The van der Waals surface area contributed by atoms with Gasteiger partial charge in [0, 0.05) is 30.7 Å². The van der Waals surface area contributed by atoms with Gasteiger partial charge >= 0.3 is 12.1 Å². The van der Waals surface area contributed by atoms with Crippen molar-refractivity contribution in [1.82, 2.24) is 14.5 Å². The number of piperidine rings is 1. The third kappa shape index (κ3) is 5.37. The van der Waals surface area contributed by atoms with Crippen molar-refractivity contribution in [2.45, 2.75) is 59.6 Å². The van der Waals surface area contributed by atoms with Gasteiger partial charge in [0.05, 0.1) is 35.1 Å². The lowest BCUT2D eigenvalue weighted by molar-refractivity contribution is 0.00690. The van der Waals surface area contributed by atoms with Crippen LogP contribution in [0.1, 0.15) is 68.7 Å². The summed E-state index contributed by atoms with van der Waals surface area (Å²) in [7, 11) is 0. The molecule has 0 radical (unpaired) electrons. The first-order valence-corrected chi connectivity index (χ1v) is 11.0. The summed E-state index contributed by atoms with van der Waals surface area (Å²) in [6.45, 7) is 12.6. The van der Waals surface area contributed by atoms with E-state index in [0.717, 1.165) is 0 Å². The van der Waals surface area contributed by atoms with Crippen LogP contribution in [0.2, 0.25) is 0 Å². The Labute approximate surface area is 193 Å². The molecule has 0 aromatic carbocycles. The van der Waals surface area contributed by atoms with E-state index < -0.39 is 17.5 Å². The van der Waals surface area contributed by atoms with Gasteiger partial charge in [-0.05, 0) is 40.2 Å². The number of esters is 1. The number of hydrogen-bond donors (Lipinski definition) is 2. The zero-order valence-electron chi connectivity index (χ0n) is 20.1. The molecule has 1 aliphatic heterocycles. The molecule has 2 aromatic heterocycles. The Morgan fingerprint density at radius 2 is 2.00 bits per heavy atom. The minimum Gasteiger partial charge on any atom is -0.462 e. The van der Waals surface area contributed by atoms with Crippen LogP contribution in [0.5, 0.6) is 0 Å². The number of amides is 2. The Kier molecular flexibility index (Phi) is 6.58. The van der Waals surface area contributed by atoms with Gasteiger partial charge in [-0.2, -0.15) is 5.10 Å². The van der Waals surface area contributed by atoms with E-state index in [4.69, 9.17) is 15.2 Å². The maximum absolute atomic E-state index is 12.6. The second-order valence-corrected chi connectivity index (χ2v) is 9.95.